The van der Waals surface area contributed by atoms with Gasteiger partial charge in [-0.3, -0.25) is 4.40 Å². The van der Waals surface area contributed by atoms with Crippen LogP contribution in [0.2, 0.25) is 0 Å². The molecule has 2 aromatic heterocycles. The van der Waals surface area contributed by atoms with Crippen LogP contribution in [0.25, 0.3) is 16.9 Å². The standard InChI is InChI=1S/C18H20N4O3/c1-25-13-2-3-16(24)14(10-13)15-11-20-18-17(19-6-9-22(15)18)21-7-4-12(23)5-8-21/h2-3,6,9-12,23-24H,4-5,7-8H2,1H3. The lowest BCUT2D eigenvalue weighted by molar-refractivity contribution is 0.145. The van der Waals surface area contributed by atoms with Crippen LogP contribution in [-0.4, -0.2) is 50.9 Å². The number of benzene rings is 1. The Bertz CT molecular complexity index is 900. The summed E-state index contributed by atoms with van der Waals surface area (Å²) in [5, 5.41) is 20.0. The van der Waals surface area contributed by atoms with E-state index in [1.165, 1.54) is 0 Å². The topological polar surface area (TPSA) is 83.1 Å². The third-order valence-corrected chi connectivity index (χ3v) is 4.65. The summed E-state index contributed by atoms with van der Waals surface area (Å²) in [6.07, 6.45) is 6.52. The van der Waals surface area contributed by atoms with E-state index in [2.05, 4.69) is 14.9 Å². The Labute approximate surface area is 145 Å². The first-order valence-electron chi connectivity index (χ1n) is 8.30. The van der Waals surface area contributed by atoms with Crippen LogP contribution in [0.3, 0.4) is 0 Å². The molecule has 3 aromatic rings. The number of hydrogen-bond donors (Lipinski definition) is 2. The normalized spacial score (nSPS) is 15.7. The number of nitrogens with zero attached hydrogens (tertiary/aromatic N) is 4. The number of imidazole rings is 1. The number of aromatic hydroxyl groups is 1. The number of piperidine rings is 1. The molecule has 7 heteroatoms. The maximum Gasteiger partial charge on any atom is 0.180 e. The van der Waals surface area contributed by atoms with Crippen molar-refractivity contribution in [2.45, 2.75) is 18.9 Å². The smallest absolute Gasteiger partial charge is 0.180 e. The zero-order valence-corrected chi connectivity index (χ0v) is 14.0. The molecule has 7 nitrogen and oxygen atoms in total. The van der Waals surface area contributed by atoms with Gasteiger partial charge in [0.25, 0.3) is 0 Å². The molecular formula is C18H20N4O3. The van der Waals surface area contributed by atoms with Crippen LogP contribution in [0.4, 0.5) is 5.82 Å². The highest BCUT2D eigenvalue weighted by Gasteiger charge is 2.22. The maximum absolute atomic E-state index is 10.3. The van der Waals surface area contributed by atoms with E-state index in [1.54, 1.807) is 37.7 Å². The molecule has 1 aliphatic heterocycles. The summed E-state index contributed by atoms with van der Waals surface area (Å²) in [7, 11) is 1.59. The number of ether oxygens (including phenoxy) is 1. The van der Waals surface area contributed by atoms with Gasteiger partial charge in [-0.05, 0) is 31.0 Å². The summed E-state index contributed by atoms with van der Waals surface area (Å²) >= 11 is 0. The van der Waals surface area contributed by atoms with Crippen molar-refractivity contribution in [1.29, 1.82) is 0 Å². The number of phenols is 1. The van der Waals surface area contributed by atoms with Gasteiger partial charge in [0, 0.05) is 31.0 Å². The van der Waals surface area contributed by atoms with E-state index in [1.807, 2.05) is 10.6 Å². The van der Waals surface area contributed by atoms with Crippen LogP contribution in [-0.2, 0) is 0 Å². The Hall–Kier alpha value is -2.80. The molecule has 0 atom stereocenters. The summed E-state index contributed by atoms with van der Waals surface area (Å²) in [5.74, 6) is 1.63. The molecule has 0 radical (unpaired) electrons. The third-order valence-electron chi connectivity index (χ3n) is 4.65. The van der Waals surface area contributed by atoms with Crippen LogP contribution >= 0.6 is 0 Å². The molecule has 0 saturated carbocycles. The number of fused-ring (bicyclic) bond motifs is 1. The van der Waals surface area contributed by atoms with Crippen LogP contribution < -0.4 is 9.64 Å². The van der Waals surface area contributed by atoms with Gasteiger partial charge in [0.1, 0.15) is 11.5 Å². The Morgan fingerprint density at radius 2 is 2.00 bits per heavy atom. The van der Waals surface area contributed by atoms with Crippen molar-refractivity contribution in [3.05, 3.63) is 36.8 Å². The van der Waals surface area contributed by atoms with Gasteiger partial charge in [-0.25, -0.2) is 9.97 Å². The molecule has 1 aromatic carbocycles. The summed E-state index contributed by atoms with van der Waals surface area (Å²) in [4.78, 5) is 11.2. The fourth-order valence-electron chi connectivity index (χ4n) is 3.25. The number of aliphatic hydroxyl groups excluding tert-OH is 1. The van der Waals surface area contributed by atoms with Crippen molar-refractivity contribution < 1.29 is 14.9 Å². The van der Waals surface area contributed by atoms with E-state index in [4.69, 9.17) is 4.74 Å². The number of aliphatic hydroxyl groups is 1. The minimum atomic E-state index is -0.236. The average molecular weight is 340 g/mol. The number of hydrogen-bond acceptors (Lipinski definition) is 6. The molecule has 3 heterocycles. The highest BCUT2D eigenvalue weighted by Crippen LogP contribution is 2.34. The number of aromatic nitrogens is 3. The van der Waals surface area contributed by atoms with E-state index < -0.39 is 0 Å². The van der Waals surface area contributed by atoms with Crippen molar-refractivity contribution in [3.63, 3.8) is 0 Å². The zero-order valence-electron chi connectivity index (χ0n) is 14.0. The van der Waals surface area contributed by atoms with Gasteiger partial charge in [-0.15, -0.1) is 0 Å². The van der Waals surface area contributed by atoms with Crippen molar-refractivity contribution in [2.75, 3.05) is 25.1 Å². The summed E-state index contributed by atoms with van der Waals surface area (Å²) in [6, 6.07) is 5.12. The number of phenolic OH excluding ortho intramolecular Hbond substituents is 1. The molecule has 0 bridgehead atoms. The first kappa shape index (κ1) is 15.7. The van der Waals surface area contributed by atoms with Gasteiger partial charge in [0.2, 0.25) is 0 Å². The lowest BCUT2D eigenvalue weighted by Gasteiger charge is -2.30. The van der Waals surface area contributed by atoms with Crippen molar-refractivity contribution in [3.8, 4) is 22.8 Å². The maximum atomic E-state index is 10.3. The number of methoxy groups -OCH3 is 1. The van der Waals surface area contributed by atoms with E-state index in [0.29, 0.717) is 11.3 Å². The molecule has 1 aliphatic rings. The second-order valence-electron chi connectivity index (χ2n) is 6.19. The molecule has 0 amide bonds. The molecule has 1 saturated heterocycles. The first-order valence-corrected chi connectivity index (χ1v) is 8.30. The fraction of sp³-hybridized carbons (Fsp3) is 0.333. The molecule has 0 unspecified atom stereocenters. The van der Waals surface area contributed by atoms with Crippen LogP contribution in [0.15, 0.2) is 36.8 Å². The fourth-order valence-corrected chi connectivity index (χ4v) is 3.25. The minimum absolute atomic E-state index is 0.169. The SMILES string of the molecule is COc1ccc(O)c(-c2cnc3c(N4CCC(O)CC4)nccn23)c1. The number of rotatable bonds is 3. The lowest BCUT2D eigenvalue weighted by Crippen LogP contribution is -2.36. The highest BCUT2D eigenvalue weighted by atomic mass is 16.5. The summed E-state index contributed by atoms with van der Waals surface area (Å²) in [6.45, 7) is 1.50. The van der Waals surface area contributed by atoms with Crippen molar-refractivity contribution in [1.82, 2.24) is 14.4 Å². The Balaban J connectivity index is 1.79. The largest absolute Gasteiger partial charge is 0.507 e. The third kappa shape index (κ3) is 2.76. The summed E-state index contributed by atoms with van der Waals surface area (Å²) < 4.78 is 7.18. The number of anilines is 1. The second-order valence-corrected chi connectivity index (χ2v) is 6.19. The molecule has 0 aliphatic carbocycles. The van der Waals surface area contributed by atoms with Gasteiger partial charge in [0.05, 0.1) is 25.1 Å². The van der Waals surface area contributed by atoms with E-state index in [9.17, 15) is 10.2 Å². The predicted octanol–water partition coefficient (Wildman–Crippen LogP) is 2.07. The highest BCUT2D eigenvalue weighted by molar-refractivity contribution is 5.75. The second kappa shape index (κ2) is 6.25. The zero-order chi connectivity index (χ0) is 17.4. The van der Waals surface area contributed by atoms with Gasteiger partial charge in [-0.1, -0.05) is 0 Å². The van der Waals surface area contributed by atoms with Crippen molar-refractivity contribution >= 4 is 11.5 Å². The average Bonchev–Trinajstić information content (AvgIpc) is 3.07. The van der Waals surface area contributed by atoms with E-state index >= 15 is 0 Å². The molecule has 2 N–H and O–H groups in total. The van der Waals surface area contributed by atoms with Gasteiger partial charge in [0.15, 0.2) is 11.5 Å². The summed E-state index contributed by atoms with van der Waals surface area (Å²) in [5.41, 5.74) is 2.15. The Kier molecular flexibility index (Phi) is 3.93. The molecule has 0 spiro atoms. The molecule has 25 heavy (non-hydrogen) atoms. The monoisotopic (exact) mass is 340 g/mol. The van der Waals surface area contributed by atoms with E-state index in [0.717, 1.165) is 43.1 Å². The lowest BCUT2D eigenvalue weighted by atomic mass is 10.1. The first-order chi connectivity index (χ1) is 12.2. The minimum Gasteiger partial charge on any atom is -0.507 e. The van der Waals surface area contributed by atoms with Gasteiger partial charge < -0.3 is 19.8 Å². The quantitative estimate of drug-likeness (QED) is 0.759. The predicted molar refractivity (Wildman–Crippen MR) is 94.1 cm³/mol. The molecule has 4 rings (SSSR count). The van der Waals surface area contributed by atoms with Crippen LogP contribution in [0.5, 0.6) is 11.5 Å². The van der Waals surface area contributed by atoms with Gasteiger partial charge in [-0.2, -0.15) is 0 Å². The van der Waals surface area contributed by atoms with Crippen LogP contribution in [0.1, 0.15) is 12.8 Å². The van der Waals surface area contributed by atoms with Crippen LogP contribution in [0, 0.1) is 0 Å². The van der Waals surface area contributed by atoms with Gasteiger partial charge >= 0.3 is 0 Å². The molecular weight excluding hydrogens is 320 g/mol. The molecule has 130 valence electrons. The van der Waals surface area contributed by atoms with E-state index in [-0.39, 0.29) is 11.9 Å². The Morgan fingerprint density at radius 3 is 2.76 bits per heavy atom. The molecule has 1 fully saturated rings. The van der Waals surface area contributed by atoms with Crippen molar-refractivity contribution in [2.24, 2.45) is 0 Å². The Morgan fingerprint density at radius 1 is 1.20 bits per heavy atom.